The monoisotopic (exact) mass is 249 g/mol. The summed E-state index contributed by atoms with van der Waals surface area (Å²) in [4.78, 5) is 34.0. The third kappa shape index (κ3) is 1.62. The fourth-order valence-electron chi connectivity index (χ4n) is 2.09. The van der Waals surface area contributed by atoms with Gasteiger partial charge in [-0.05, 0) is 0 Å². The summed E-state index contributed by atoms with van der Waals surface area (Å²) in [6.45, 7) is 1.12. The number of aliphatic hydroxyl groups is 1. The number of carbonyl (C=O) groups is 2. The number of hydrogen-bond donors (Lipinski definition) is 1. The minimum absolute atomic E-state index is 0.0463. The van der Waals surface area contributed by atoms with Crippen molar-refractivity contribution in [3.8, 4) is 0 Å². The number of nitro groups is 1. The Morgan fingerprint density at radius 2 is 1.89 bits per heavy atom. The Labute approximate surface area is 102 Å². The van der Waals surface area contributed by atoms with Crippen molar-refractivity contribution >= 4 is 11.6 Å². The molecule has 1 N–H and O–H groups in total. The van der Waals surface area contributed by atoms with Crippen LogP contribution >= 0.6 is 0 Å². The molecule has 0 amide bonds. The van der Waals surface area contributed by atoms with E-state index in [0.29, 0.717) is 0 Å². The van der Waals surface area contributed by atoms with Gasteiger partial charge < -0.3 is 5.11 Å². The second-order valence-corrected chi connectivity index (χ2v) is 4.36. The van der Waals surface area contributed by atoms with Crippen LogP contribution in [0, 0.1) is 10.1 Å². The maximum atomic E-state index is 12.1. The molecule has 0 heterocycles. The zero-order valence-electron chi connectivity index (χ0n) is 9.62. The van der Waals surface area contributed by atoms with E-state index in [4.69, 9.17) is 0 Å². The molecule has 0 aliphatic heterocycles. The second kappa shape index (κ2) is 3.99. The van der Waals surface area contributed by atoms with Gasteiger partial charge in [0.05, 0.1) is 6.42 Å². The molecule has 94 valence electrons. The van der Waals surface area contributed by atoms with Crippen molar-refractivity contribution in [3.63, 3.8) is 0 Å². The largest absolute Gasteiger partial charge is 0.375 e. The van der Waals surface area contributed by atoms with Gasteiger partial charge in [0.2, 0.25) is 17.4 Å². The van der Waals surface area contributed by atoms with Crippen molar-refractivity contribution in [1.82, 2.24) is 0 Å². The summed E-state index contributed by atoms with van der Waals surface area (Å²) >= 11 is 0. The smallest absolute Gasteiger partial charge is 0.246 e. The first-order valence-corrected chi connectivity index (χ1v) is 5.41. The molecule has 1 aromatic carbocycles. The fourth-order valence-corrected chi connectivity index (χ4v) is 2.09. The van der Waals surface area contributed by atoms with Crippen LogP contribution in [-0.2, 0) is 0 Å². The lowest BCUT2D eigenvalue weighted by Crippen LogP contribution is -2.55. The molecule has 18 heavy (non-hydrogen) atoms. The molecular weight excluding hydrogens is 238 g/mol. The number of benzene rings is 1. The predicted molar refractivity (Wildman–Crippen MR) is 61.1 cm³/mol. The van der Waals surface area contributed by atoms with E-state index in [9.17, 15) is 24.8 Å². The second-order valence-electron chi connectivity index (χ2n) is 4.36. The number of Topliss-reactive ketones (excluding diaryl/α,β-unsaturated/α-hetero) is 2. The van der Waals surface area contributed by atoms with Gasteiger partial charge >= 0.3 is 0 Å². The molecule has 0 saturated carbocycles. The highest BCUT2D eigenvalue weighted by Crippen LogP contribution is 2.32. The minimum Gasteiger partial charge on any atom is -0.375 e. The third-order valence-corrected chi connectivity index (χ3v) is 3.30. The molecular formula is C12H11NO5. The van der Waals surface area contributed by atoms with E-state index in [-0.39, 0.29) is 11.1 Å². The van der Waals surface area contributed by atoms with E-state index < -0.39 is 34.6 Å². The van der Waals surface area contributed by atoms with Gasteiger partial charge in [0.25, 0.3) is 0 Å². The number of nitrogens with zero attached hydrogens (tertiary/aromatic N) is 1. The molecule has 1 aromatic rings. The van der Waals surface area contributed by atoms with Crippen LogP contribution in [0.15, 0.2) is 24.3 Å². The number of ketones is 2. The van der Waals surface area contributed by atoms with Crippen LogP contribution in [0.25, 0.3) is 0 Å². The first-order chi connectivity index (χ1) is 8.38. The fraction of sp³-hybridized carbons (Fsp3) is 0.333. The van der Waals surface area contributed by atoms with E-state index in [0.717, 1.165) is 6.92 Å². The van der Waals surface area contributed by atoms with Crippen molar-refractivity contribution in [1.29, 1.82) is 0 Å². The average molecular weight is 249 g/mol. The number of carbonyl (C=O) groups excluding carboxylic acids is 2. The van der Waals surface area contributed by atoms with Gasteiger partial charge in [0, 0.05) is 23.0 Å². The summed E-state index contributed by atoms with van der Waals surface area (Å²) in [5, 5.41) is 20.9. The molecule has 1 aliphatic carbocycles. The highest BCUT2D eigenvalue weighted by atomic mass is 16.6. The molecule has 1 aliphatic rings. The van der Waals surface area contributed by atoms with Crippen molar-refractivity contribution in [2.24, 2.45) is 0 Å². The van der Waals surface area contributed by atoms with Gasteiger partial charge in [-0.2, -0.15) is 0 Å². The van der Waals surface area contributed by atoms with E-state index >= 15 is 0 Å². The van der Waals surface area contributed by atoms with E-state index in [1.807, 2.05) is 0 Å². The van der Waals surface area contributed by atoms with Crippen LogP contribution in [0.1, 0.15) is 34.1 Å². The van der Waals surface area contributed by atoms with E-state index in [1.54, 1.807) is 12.1 Å². The highest BCUT2D eigenvalue weighted by molar-refractivity contribution is 6.18. The molecule has 0 fully saturated rings. The Kier molecular flexibility index (Phi) is 2.74. The maximum absolute atomic E-state index is 12.1. The molecule has 2 rings (SSSR count). The summed E-state index contributed by atoms with van der Waals surface area (Å²) in [5.41, 5.74) is -2.00. The van der Waals surface area contributed by atoms with Gasteiger partial charge in [-0.1, -0.05) is 24.3 Å². The van der Waals surface area contributed by atoms with Crippen molar-refractivity contribution in [3.05, 3.63) is 45.5 Å². The van der Waals surface area contributed by atoms with E-state index in [1.165, 1.54) is 12.1 Å². The lowest BCUT2D eigenvalue weighted by atomic mass is 9.75. The average Bonchev–Trinajstić information content (AvgIpc) is 2.35. The van der Waals surface area contributed by atoms with Gasteiger partial charge in [-0.15, -0.1) is 0 Å². The molecule has 6 heteroatoms. The highest BCUT2D eigenvalue weighted by Gasteiger charge is 2.53. The summed E-state index contributed by atoms with van der Waals surface area (Å²) in [6, 6.07) is 4.50. The van der Waals surface area contributed by atoms with Gasteiger partial charge in [-0.25, -0.2) is 0 Å². The molecule has 0 saturated heterocycles. The Bertz CT molecular complexity index is 553. The molecule has 2 atom stereocenters. The Hall–Kier alpha value is -2.08. The van der Waals surface area contributed by atoms with Gasteiger partial charge in [0.1, 0.15) is 0 Å². The molecule has 0 bridgehead atoms. The lowest BCUT2D eigenvalue weighted by Gasteiger charge is -2.31. The SMILES string of the molecule is C[C@H]([N+](=O)[O-])[C@@]1(O)CC(=O)c2ccccc2C1=O. The Morgan fingerprint density at radius 3 is 2.44 bits per heavy atom. The van der Waals surface area contributed by atoms with Gasteiger partial charge in [0.15, 0.2) is 5.78 Å². The topological polar surface area (TPSA) is 97.5 Å². The van der Waals surface area contributed by atoms with Crippen LogP contribution in [0.2, 0.25) is 0 Å². The van der Waals surface area contributed by atoms with Crippen LogP contribution in [0.5, 0.6) is 0 Å². The van der Waals surface area contributed by atoms with Crippen LogP contribution in [-0.4, -0.2) is 33.2 Å². The molecule has 0 spiro atoms. The minimum atomic E-state index is -2.26. The van der Waals surface area contributed by atoms with Crippen LogP contribution in [0.3, 0.4) is 0 Å². The van der Waals surface area contributed by atoms with Crippen LogP contribution in [0.4, 0.5) is 0 Å². The van der Waals surface area contributed by atoms with Gasteiger partial charge in [-0.3, -0.25) is 19.7 Å². The molecule has 0 unspecified atom stereocenters. The van der Waals surface area contributed by atoms with E-state index in [2.05, 4.69) is 0 Å². The normalized spacial score (nSPS) is 24.6. The number of hydrogen-bond acceptors (Lipinski definition) is 5. The summed E-state index contributed by atoms with van der Waals surface area (Å²) in [6.07, 6.45) is -0.551. The first-order valence-electron chi connectivity index (χ1n) is 5.41. The summed E-state index contributed by atoms with van der Waals surface area (Å²) < 4.78 is 0. The number of rotatable bonds is 2. The van der Waals surface area contributed by atoms with Crippen molar-refractivity contribution in [2.75, 3.05) is 0 Å². The molecule has 6 nitrogen and oxygen atoms in total. The van der Waals surface area contributed by atoms with Crippen LogP contribution < -0.4 is 0 Å². The third-order valence-electron chi connectivity index (χ3n) is 3.30. The quantitative estimate of drug-likeness (QED) is 0.619. The zero-order valence-corrected chi connectivity index (χ0v) is 9.62. The Morgan fingerprint density at radius 1 is 1.33 bits per heavy atom. The molecule has 0 aromatic heterocycles. The van der Waals surface area contributed by atoms with Crippen molar-refractivity contribution < 1.29 is 19.6 Å². The number of fused-ring (bicyclic) bond motifs is 1. The summed E-state index contributed by atoms with van der Waals surface area (Å²) in [7, 11) is 0. The standard InChI is InChI=1S/C12H11NO5/c1-7(13(17)18)12(16)6-10(14)8-4-2-3-5-9(8)11(12)15/h2-5,7,16H,6H2,1H3/t7-,12-/m0/s1. The molecule has 0 radical (unpaired) electrons. The lowest BCUT2D eigenvalue weighted by molar-refractivity contribution is -0.535. The summed E-state index contributed by atoms with van der Waals surface area (Å²) in [5.74, 6) is -1.22. The first kappa shape index (κ1) is 12.4. The maximum Gasteiger partial charge on any atom is 0.246 e. The Balaban J connectivity index is 2.55. The predicted octanol–water partition coefficient (Wildman–Crippen LogP) is 0.852. The zero-order chi connectivity index (χ0) is 13.5. The van der Waals surface area contributed by atoms with Crippen molar-refractivity contribution in [2.45, 2.75) is 25.0 Å².